The van der Waals surface area contributed by atoms with Crippen molar-refractivity contribution < 1.29 is 9.13 Å². The fourth-order valence-electron chi connectivity index (χ4n) is 2.22. The van der Waals surface area contributed by atoms with Crippen LogP contribution in [-0.2, 0) is 6.42 Å². The van der Waals surface area contributed by atoms with Crippen molar-refractivity contribution in [3.8, 4) is 5.75 Å². The molecule has 0 aliphatic rings. The number of ether oxygens (including phenoxy) is 1. The maximum atomic E-state index is 13.1. The highest BCUT2D eigenvalue weighted by Crippen LogP contribution is 2.27. The minimum absolute atomic E-state index is 0.125. The zero-order chi connectivity index (χ0) is 15.2. The molecule has 0 heterocycles. The van der Waals surface area contributed by atoms with Gasteiger partial charge in [-0.2, -0.15) is 0 Å². The van der Waals surface area contributed by atoms with E-state index < -0.39 is 0 Å². The van der Waals surface area contributed by atoms with Crippen molar-refractivity contribution in [3.63, 3.8) is 0 Å². The van der Waals surface area contributed by atoms with Gasteiger partial charge in [-0.3, -0.25) is 11.3 Å². The Morgan fingerprint density at radius 1 is 1.24 bits per heavy atom. The quantitative estimate of drug-likeness (QED) is 0.633. The summed E-state index contributed by atoms with van der Waals surface area (Å²) < 4.78 is 18.2. The lowest BCUT2D eigenvalue weighted by atomic mass is 9.99. The number of methoxy groups -OCH3 is 1. The predicted octanol–water partition coefficient (Wildman–Crippen LogP) is 3.62. The molecule has 0 spiro atoms. The van der Waals surface area contributed by atoms with Crippen molar-refractivity contribution in [2.24, 2.45) is 5.84 Å². The van der Waals surface area contributed by atoms with Crippen LogP contribution in [0.25, 0.3) is 0 Å². The van der Waals surface area contributed by atoms with E-state index in [0.717, 1.165) is 24.2 Å². The van der Waals surface area contributed by atoms with Gasteiger partial charge in [0.2, 0.25) is 0 Å². The number of halogens is 2. The summed E-state index contributed by atoms with van der Waals surface area (Å²) in [6.45, 7) is 0. The van der Waals surface area contributed by atoms with Crippen LogP contribution in [-0.4, -0.2) is 7.11 Å². The summed E-state index contributed by atoms with van der Waals surface area (Å²) in [5.41, 5.74) is 4.72. The molecule has 112 valence electrons. The predicted molar refractivity (Wildman–Crippen MR) is 82.8 cm³/mol. The van der Waals surface area contributed by atoms with Gasteiger partial charge in [0, 0.05) is 11.1 Å². The third-order valence-corrected chi connectivity index (χ3v) is 3.75. The van der Waals surface area contributed by atoms with Crippen molar-refractivity contribution in [2.45, 2.75) is 18.9 Å². The molecule has 0 aliphatic heterocycles. The molecule has 0 radical (unpaired) electrons. The van der Waals surface area contributed by atoms with E-state index in [4.69, 9.17) is 22.2 Å². The van der Waals surface area contributed by atoms with E-state index in [2.05, 4.69) is 5.43 Å². The molecule has 0 amide bonds. The molecule has 0 saturated carbocycles. The fraction of sp³-hybridized carbons (Fsp3) is 0.250. The van der Waals surface area contributed by atoms with Crippen LogP contribution < -0.4 is 16.0 Å². The van der Waals surface area contributed by atoms with Gasteiger partial charge in [-0.15, -0.1) is 0 Å². The van der Waals surface area contributed by atoms with Crippen molar-refractivity contribution in [2.75, 3.05) is 7.11 Å². The SMILES string of the molecule is COc1ccc(CCC(NN)c2ccc(F)cc2Cl)cc1. The summed E-state index contributed by atoms with van der Waals surface area (Å²) in [5.74, 6) is 6.07. The number of nitrogens with two attached hydrogens (primary N) is 1. The van der Waals surface area contributed by atoms with Gasteiger partial charge in [0.1, 0.15) is 11.6 Å². The first-order valence-electron chi connectivity index (χ1n) is 6.68. The first-order chi connectivity index (χ1) is 10.1. The molecule has 0 bridgehead atoms. The molecule has 1 atom stereocenters. The lowest BCUT2D eigenvalue weighted by molar-refractivity contribution is 0.414. The Morgan fingerprint density at radius 3 is 2.52 bits per heavy atom. The number of nitrogens with one attached hydrogen (secondary N) is 1. The van der Waals surface area contributed by atoms with Crippen LogP contribution in [0.5, 0.6) is 5.75 Å². The molecule has 0 fully saturated rings. The maximum absolute atomic E-state index is 13.1. The van der Waals surface area contributed by atoms with Crippen molar-refractivity contribution in [1.29, 1.82) is 0 Å². The summed E-state index contributed by atoms with van der Waals surface area (Å²) in [6.07, 6.45) is 1.58. The van der Waals surface area contributed by atoms with Gasteiger partial charge in [0.05, 0.1) is 7.11 Å². The molecule has 2 rings (SSSR count). The highest BCUT2D eigenvalue weighted by Gasteiger charge is 2.14. The second-order valence-electron chi connectivity index (χ2n) is 4.77. The highest BCUT2D eigenvalue weighted by molar-refractivity contribution is 6.31. The van der Waals surface area contributed by atoms with E-state index in [-0.39, 0.29) is 11.9 Å². The van der Waals surface area contributed by atoms with Gasteiger partial charge in [0.25, 0.3) is 0 Å². The lowest BCUT2D eigenvalue weighted by Crippen LogP contribution is -2.28. The fourth-order valence-corrected chi connectivity index (χ4v) is 2.51. The Bertz CT molecular complexity index is 589. The number of hydrogen-bond donors (Lipinski definition) is 2. The van der Waals surface area contributed by atoms with E-state index in [1.807, 2.05) is 24.3 Å². The molecule has 21 heavy (non-hydrogen) atoms. The smallest absolute Gasteiger partial charge is 0.124 e. The van der Waals surface area contributed by atoms with E-state index in [9.17, 15) is 4.39 Å². The second-order valence-corrected chi connectivity index (χ2v) is 5.18. The first kappa shape index (κ1) is 15.8. The normalized spacial score (nSPS) is 12.2. The third-order valence-electron chi connectivity index (χ3n) is 3.42. The molecule has 3 nitrogen and oxygen atoms in total. The Labute approximate surface area is 128 Å². The number of hydrogen-bond acceptors (Lipinski definition) is 3. The van der Waals surface area contributed by atoms with Gasteiger partial charge in [0.15, 0.2) is 0 Å². The van der Waals surface area contributed by atoms with Crippen LogP contribution in [0.1, 0.15) is 23.6 Å². The summed E-state index contributed by atoms with van der Waals surface area (Å²) in [7, 11) is 1.64. The Balaban J connectivity index is 2.04. The van der Waals surface area contributed by atoms with Crippen LogP contribution in [0.3, 0.4) is 0 Å². The highest BCUT2D eigenvalue weighted by atomic mass is 35.5. The lowest BCUT2D eigenvalue weighted by Gasteiger charge is -2.18. The average Bonchev–Trinajstić information content (AvgIpc) is 2.50. The third kappa shape index (κ3) is 4.17. The van der Waals surface area contributed by atoms with Gasteiger partial charge < -0.3 is 4.74 Å². The second kappa shape index (κ2) is 7.41. The molecule has 2 aromatic carbocycles. The molecule has 0 aromatic heterocycles. The van der Waals surface area contributed by atoms with Gasteiger partial charge >= 0.3 is 0 Å². The zero-order valence-corrected chi connectivity index (χ0v) is 12.5. The number of benzene rings is 2. The minimum Gasteiger partial charge on any atom is -0.497 e. The molecule has 1 unspecified atom stereocenters. The molecule has 3 N–H and O–H groups in total. The van der Waals surface area contributed by atoms with Crippen LogP contribution in [0.4, 0.5) is 4.39 Å². The van der Waals surface area contributed by atoms with E-state index >= 15 is 0 Å². The number of hydrazine groups is 1. The van der Waals surface area contributed by atoms with Gasteiger partial charge in [-0.25, -0.2) is 4.39 Å². The molecule has 0 saturated heterocycles. The van der Waals surface area contributed by atoms with Crippen LogP contribution in [0, 0.1) is 5.82 Å². The Hall–Kier alpha value is -1.62. The van der Waals surface area contributed by atoms with E-state index in [1.165, 1.54) is 17.7 Å². The largest absolute Gasteiger partial charge is 0.497 e. The zero-order valence-electron chi connectivity index (χ0n) is 11.8. The van der Waals surface area contributed by atoms with Crippen LogP contribution >= 0.6 is 11.6 Å². The summed E-state index contributed by atoms with van der Waals surface area (Å²) in [6, 6.07) is 12.1. The number of rotatable bonds is 6. The van der Waals surface area contributed by atoms with Gasteiger partial charge in [-0.1, -0.05) is 29.8 Å². The van der Waals surface area contributed by atoms with Crippen LogP contribution in [0.15, 0.2) is 42.5 Å². The molecule has 2 aromatic rings. The molecule has 5 heteroatoms. The average molecular weight is 309 g/mol. The van der Waals surface area contributed by atoms with Crippen molar-refractivity contribution >= 4 is 11.6 Å². The topological polar surface area (TPSA) is 47.3 Å². The molecule has 0 aliphatic carbocycles. The van der Waals surface area contributed by atoms with Crippen LogP contribution in [0.2, 0.25) is 5.02 Å². The van der Waals surface area contributed by atoms with E-state index in [1.54, 1.807) is 13.2 Å². The first-order valence-corrected chi connectivity index (χ1v) is 7.06. The van der Waals surface area contributed by atoms with E-state index in [0.29, 0.717) is 5.02 Å². The standard InChI is InChI=1S/C16H18ClFN2O/c1-21-13-6-2-11(3-7-13)4-9-16(20-19)14-8-5-12(18)10-15(14)17/h2-3,5-8,10,16,20H,4,9,19H2,1H3. The summed E-state index contributed by atoms with van der Waals surface area (Å²) in [5, 5.41) is 0.382. The molecular formula is C16H18ClFN2O. The van der Waals surface area contributed by atoms with Gasteiger partial charge in [-0.05, 0) is 48.2 Å². The summed E-state index contributed by atoms with van der Waals surface area (Å²) in [4.78, 5) is 0. The Morgan fingerprint density at radius 2 is 1.95 bits per heavy atom. The summed E-state index contributed by atoms with van der Waals surface area (Å²) >= 11 is 6.07. The van der Waals surface area contributed by atoms with Crippen molar-refractivity contribution in [1.82, 2.24) is 5.43 Å². The maximum Gasteiger partial charge on any atom is 0.124 e. The monoisotopic (exact) mass is 308 g/mol. The molecular weight excluding hydrogens is 291 g/mol. The minimum atomic E-state index is -0.352. The Kier molecular flexibility index (Phi) is 5.56. The van der Waals surface area contributed by atoms with Crippen molar-refractivity contribution in [3.05, 3.63) is 64.4 Å². The number of aryl methyl sites for hydroxylation is 1.